The standard InChI is InChI=1S/C14H17ClFN3O/c1-10-13(9-18(2)7-8-20)14(15)19(17-10)12-5-3-11(16)4-6-12/h3-6,20H,7-9H2,1-2H3. The number of likely N-dealkylation sites (N-methyl/N-ethyl adjacent to an activating group) is 1. The van der Waals surface area contributed by atoms with Gasteiger partial charge < -0.3 is 5.11 Å². The molecular weight excluding hydrogens is 281 g/mol. The molecule has 2 rings (SSSR count). The number of nitrogens with zero attached hydrogens (tertiary/aromatic N) is 3. The maximum absolute atomic E-state index is 13.0. The zero-order valence-corrected chi connectivity index (χ0v) is 12.2. The number of hydrogen-bond donors (Lipinski definition) is 1. The molecule has 0 aliphatic carbocycles. The fourth-order valence-corrected chi connectivity index (χ4v) is 2.32. The lowest BCUT2D eigenvalue weighted by Crippen LogP contribution is -2.21. The van der Waals surface area contributed by atoms with Crippen molar-refractivity contribution in [3.05, 3.63) is 46.5 Å². The molecule has 0 unspecified atom stereocenters. The van der Waals surface area contributed by atoms with Gasteiger partial charge in [0.05, 0.1) is 18.0 Å². The van der Waals surface area contributed by atoms with Crippen LogP contribution in [0.25, 0.3) is 5.69 Å². The Hall–Kier alpha value is -1.43. The third kappa shape index (κ3) is 3.17. The van der Waals surface area contributed by atoms with Crippen molar-refractivity contribution < 1.29 is 9.50 Å². The summed E-state index contributed by atoms with van der Waals surface area (Å²) in [6.45, 7) is 3.15. The Morgan fingerprint density at radius 1 is 1.35 bits per heavy atom. The van der Waals surface area contributed by atoms with E-state index in [9.17, 15) is 4.39 Å². The molecule has 2 aromatic rings. The van der Waals surface area contributed by atoms with Crippen molar-refractivity contribution in [3.8, 4) is 5.69 Å². The van der Waals surface area contributed by atoms with Crippen LogP contribution >= 0.6 is 11.6 Å². The number of rotatable bonds is 5. The van der Waals surface area contributed by atoms with E-state index >= 15 is 0 Å². The van der Waals surface area contributed by atoms with E-state index in [-0.39, 0.29) is 12.4 Å². The Bertz CT molecular complexity index is 583. The van der Waals surface area contributed by atoms with Crippen LogP contribution in [0.15, 0.2) is 24.3 Å². The van der Waals surface area contributed by atoms with Gasteiger partial charge in [0.25, 0.3) is 0 Å². The van der Waals surface area contributed by atoms with Crippen molar-refractivity contribution in [2.45, 2.75) is 13.5 Å². The van der Waals surface area contributed by atoms with Gasteiger partial charge in [0.2, 0.25) is 0 Å². The maximum atomic E-state index is 13.0. The van der Waals surface area contributed by atoms with Crippen LogP contribution in [0.2, 0.25) is 5.15 Å². The lowest BCUT2D eigenvalue weighted by atomic mass is 10.2. The van der Waals surface area contributed by atoms with E-state index in [0.717, 1.165) is 16.9 Å². The van der Waals surface area contributed by atoms with E-state index in [1.54, 1.807) is 16.8 Å². The fourth-order valence-electron chi connectivity index (χ4n) is 1.98. The number of aryl methyl sites for hydroxylation is 1. The third-order valence-electron chi connectivity index (χ3n) is 3.10. The predicted octanol–water partition coefficient (Wildman–Crippen LogP) is 2.40. The Kier molecular flexibility index (Phi) is 4.75. The van der Waals surface area contributed by atoms with Crippen LogP contribution in [0.1, 0.15) is 11.3 Å². The first-order valence-electron chi connectivity index (χ1n) is 6.32. The molecule has 0 bridgehead atoms. The maximum Gasteiger partial charge on any atom is 0.137 e. The van der Waals surface area contributed by atoms with Crippen LogP contribution in [0.5, 0.6) is 0 Å². The van der Waals surface area contributed by atoms with E-state index < -0.39 is 0 Å². The van der Waals surface area contributed by atoms with Crippen LogP contribution in [0.4, 0.5) is 4.39 Å². The molecule has 4 nitrogen and oxygen atoms in total. The van der Waals surface area contributed by atoms with Gasteiger partial charge in [-0.2, -0.15) is 5.10 Å². The van der Waals surface area contributed by atoms with Crippen molar-refractivity contribution in [1.82, 2.24) is 14.7 Å². The van der Waals surface area contributed by atoms with Crippen molar-refractivity contribution in [2.24, 2.45) is 0 Å². The number of benzene rings is 1. The van der Waals surface area contributed by atoms with Crippen molar-refractivity contribution in [2.75, 3.05) is 20.2 Å². The highest BCUT2D eigenvalue weighted by Gasteiger charge is 2.16. The van der Waals surface area contributed by atoms with Crippen LogP contribution < -0.4 is 0 Å². The summed E-state index contributed by atoms with van der Waals surface area (Å²) in [4.78, 5) is 1.96. The molecule has 0 aliphatic rings. The first-order valence-corrected chi connectivity index (χ1v) is 6.70. The summed E-state index contributed by atoms with van der Waals surface area (Å²) in [6, 6.07) is 6.02. The van der Waals surface area contributed by atoms with Crippen LogP contribution in [0.3, 0.4) is 0 Å². The van der Waals surface area contributed by atoms with E-state index in [1.807, 2.05) is 18.9 Å². The monoisotopic (exact) mass is 297 g/mol. The molecule has 1 aromatic heterocycles. The molecule has 20 heavy (non-hydrogen) atoms. The smallest absolute Gasteiger partial charge is 0.137 e. The molecule has 0 amide bonds. The lowest BCUT2D eigenvalue weighted by molar-refractivity contribution is 0.217. The molecule has 0 aliphatic heterocycles. The summed E-state index contributed by atoms with van der Waals surface area (Å²) >= 11 is 6.37. The first kappa shape index (κ1) is 15.0. The molecule has 1 aromatic carbocycles. The second-order valence-corrected chi connectivity index (χ2v) is 5.06. The molecule has 0 radical (unpaired) electrons. The highest BCUT2D eigenvalue weighted by Crippen LogP contribution is 2.24. The van der Waals surface area contributed by atoms with Gasteiger partial charge in [-0.25, -0.2) is 9.07 Å². The first-order chi connectivity index (χ1) is 9.52. The number of aliphatic hydroxyl groups excluding tert-OH is 1. The van der Waals surface area contributed by atoms with E-state index in [2.05, 4.69) is 5.10 Å². The number of aromatic nitrogens is 2. The second-order valence-electron chi connectivity index (χ2n) is 4.70. The Labute approximate surface area is 122 Å². The van der Waals surface area contributed by atoms with Crippen LogP contribution in [0, 0.1) is 12.7 Å². The second kappa shape index (κ2) is 6.35. The zero-order chi connectivity index (χ0) is 14.7. The van der Waals surface area contributed by atoms with Gasteiger partial charge in [-0.05, 0) is 38.2 Å². The van der Waals surface area contributed by atoms with E-state index in [4.69, 9.17) is 16.7 Å². The summed E-state index contributed by atoms with van der Waals surface area (Å²) in [7, 11) is 1.90. The molecule has 0 atom stereocenters. The largest absolute Gasteiger partial charge is 0.395 e. The van der Waals surface area contributed by atoms with Gasteiger partial charge in [0.1, 0.15) is 11.0 Å². The zero-order valence-electron chi connectivity index (χ0n) is 11.5. The van der Waals surface area contributed by atoms with Crippen molar-refractivity contribution in [1.29, 1.82) is 0 Å². The Morgan fingerprint density at radius 2 is 2.00 bits per heavy atom. The highest BCUT2D eigenvalue weighted by atomic mass is 35.5. The molecular formula is C14H17ClFN3O. The Morgan fingerprint density at radius 3 is 2.60 bits per heavy atom. The van der Waals surface area contributed by atoms with Gasteiger partial charge in [-0.3, -0.25) is 4.90 Å². The fraction of sp³-hybridized carbons (Fsp3) is 0.357. The third-order valence-corrected chi connectivity index (χ3v) is 3.49. The van der Waals surface area contributed by atoms with Gasteiger partial charge in [0.15, 0.2) is 0 Å². The molecule has 0 fully saturated rings. The molecule has 0 saturated heterocycles. The normalized spacial score (nSPS) is 11.3. The highest BCUT2D eigenvalue weighted by molar-refractivity contribution is 6.30. The Balaban J connectivity index is 2.31. The molecule has 1 N–H and O–H groups in total. The van der Waals surface area contributed by atoms with E-state index in [1.165, 1.54) is 12.1 Å². The van der Waals surface area contributed by atoms with Crippen LogP contribution in [-0.4, -0.2) is 40.0 Å². The van der Waals surface area contributed by atoms with Crippen LogP contribution in [-0.2, 0) is 6.54 Å². The van der Waals surface area contributed by atoms with Gasteiger partial charge in [-0.1, -0.05) is 11.6 Å². The number of hydrogen-bond acceptors (Lipinski definition) is 3. The minimum atomic E-state index is -0.295. The predicted molar refractivity (Wildman–Crippen MR) is 76.7 cm³/mol. The molecule has 0 saturated carbocycles. The van der Waals surface area contributed by atoms with Crippen molar-refractivity contribution >= 4 is 11.6 Å². The van der Waals surface area contributed by atoms with Gasteiger partial charge in [-0.15, -0.1) is 0 Å². The average Bonchev–Trinajstić information content (AvgIpc) is 2.68. The molecule has 0 spiro atoms. The summed E-state index contributed by atoms with van der Waals surface area (Å²) in [5, 5.41) is 13.8. The number of aliphatic hydroxyl groups is 1. The minimum absolute atomic E-state index is 0.0965. The quantitative estimate of drug-likeness (QED) is 0.921. The molecule has 1 heterocycles. The summed E-state index contributed by atoms with van der Waals surface area (Å²) < 4.78 is 14.5. The average molecular weight is 298 g/mol. The van der Waals surface area contributed by atoms with Gasteiger partial charge >= 0.3 is 0 Å². The topological polar surface area (TPSA) is 41.3 Å². The van der Waals surface area contributed by atoms with E-state index in [0.29, 0.717) is 18.2 Å². The number of halogens is 2. The molecule has 6 heteroatoms. The SMILES string of the molecule is Cc1nn(-c2ccc(F)cc2)c(Cl)c1CN(C)CCO. The molecule has 108 valence electrons. The van der Waals surface area contributed by atoms with Gasteiger partial charge in [0, 0.05) is 18.7 Å². The lowest BCUT2D eigenvalue weighted by Gasteiger charge is -2.14. The summed E-state index contributed by atoms with van der Waals surface area (Å²) in [6.07, 6.45) is 0. The van der Waals surface area contributed by atoms with Crippen molar-refractivity contribution in [3.63, 3.8) is 0 Å². The summed E-state index contributed by atoms with van der Waals surface area (Å²) in [5.41, 5.74) is 2.45. The minimum Gasteiger partial charge on any atom is -0.395 e. The summed E-state index contributed by atoms with van der Waals surface area (Å²) in [5.74, 6) is -0.295.